The zero-order chi connectivity index (χ0) is 15.0. The van der Waals surface area contributed by atoms with Crippen molar-refractivity contribution in [1.29, 1.82) is 0 Å². The molecular weight excluding hydrogens is 264 g/mol. The van der Waals surface area contributed by atoms with Crippen molar-refractivity contribution in [2.24, 2.45) is 0 Å². The molecule has 1 aromatic carbocycles. The predicted octanol–water partition coefficient (Wildman–Crippen LogP) is 3.64. The van der Waals surface area contributed by atoms with Gasteiger partial charge in [-0.05, 0) is 45.1 Å². The highest BCUT2D eigenvalue weighted by molar-refractivity contribution is 7.99. The summed E-state index contributed by atoms with van der Waals surface area (Å²) < 4.78 is 0. The third kappa shape index (κ3) is 5.47. The first-order chi connectivity index (χ1) is 9.62. The van der Waals surface area contributed by atoms with Crippen LogP contribution in [0.4, 0.5) is 0 Å². The Morgan fingerprint density at radius 2 is 1.90 bits per heavy atom. The Balaban J connectivity index is 2.47. The van der Waals surface area contributed by atoms with Gasteiger partial charge in [-0.3, -0.25) is 0 Å². The molecule has 1 unspecified atom stereocenters. The SMILES string of the molecule is CCN(CC)CCSCC(NC)c1ccc(C)cc1C. The van der Waals surface area contributed by atoms with Crippen molar-refractivity contribution < 1.29 is 0 Å². The largest absolute Gasteiger partial charge is 0.312 e. The van der Waals surface area contributed by atoms with Gasteiger partial charge in [-0.25, -0.2) is 0 Å². The molecule has 0 aliphatic heterocycles. The van der Waals surface area contributed by atoms with E-state index in [1.54, 1.807) is 0 Å². The summed E-state index contributed by atoms with van der Waals surface area (Å²) in [6.45, 7) is 12.4. The second kappa shape index (κ2) is 9.43. The average Bonchev–Trinajstić information content (AvgIpc) is 2.44. The Hall–Kier alpha value is -0.510. The fraction of sp³-hybridized carbons (Fsp3) is 0.647. The van der Waals surface area contributed by atoms with Crippen molar-refractivity contribution in [1.82, 2.24) is 10.2 Å². The van der Waals surface area contributed by atoms with Gasteiger partial charge in [0, 0.05) is 24.1 Å². The third-order valence-electron chi connectivity index (χ3n) is 3.88. The lowest BCUT2D eigenvalue weighted by molar-refractivity contribution is 0.324. The van der Waals surface area contributed by atoms with Gasteiger partial charge in [-0.15, -0.1) is 0 Å². The number of hydrogen-bond acceptors (Lipinski definition) is 3. The molecule has 3 heteroatoms. The van der Waals surface area contributed by atoms with Crippen LogP contribution in [0.15, 0.2) is 18.2 Å². The van der Waals surface area contributed by atoms with E-state index in [0.717, 1.165) is 18.8 Å². The molecular formula is C17H30N2S. The van der Waals surface area contributed by atoms with Crippen LogP contribution in [0.1, 0.15) is 36.6 Å². The van der Waals surface area contributed by atoms with Gasteiger partial charge < -0.3 is 10.2 Å². The second-order valence-electron chi connectivity index (χ2n) is 5.30. The molecule has 0 saturated heterocycles. The number of aryl methyl sites for hydroxylation is 2. The van der Waals surface area contributed by atoms with Crippen LogP contribution in [0.2, 0.25) is 0 Å². The number of nitrogens with zero attached hydrogens (tertiary/aromatic N) is 1. The van der Waals surface area contributed by atoms with Crippen molar-refractivity contribution in [3.8, 4) is 0 Å². The highest BCUT2D eigenvalue weighted by Crippen LogP contribution is 2.22. The maximum Gasteiger partial charge on any atom is 0.0412 e. The number of thioether (sulfide) groups is 1. The minimum atomic E-state index is 0.456. The van der Waals surface area contributed by atoms with Crippen LogP contribution in [0.5, 0.6) is 0 Å². The summed E-state index contributed by atoms with van der Waals surface area (Å²) in [7, 11) is 2.06. The summed E-state index contributed by atoms with van der Waals surface area (Å²) in [5.41, 5.74) is 4.18. The minimum Gasteiger partial charge on any atom is -0.312 e. The van der Waals surface area contributed by atoms with E-state index in [9.17, 15) is 0 Å². The molecule has 0 aliphatic rings. The van der Waals surface area contributed by atoms with Gasteiger partial charge in [0.2, 0.25) is 0 Å². The lowest BCUT2D eigenvalue weighted by atomic mass is 10.0. The topological polar surface area (TPSA) is 15.3 Å². The maximum absolute atomic E-state index is 3.46. The monoisotopic (exact) mass is 294 g/mol. The lowest BCUT2D eigenvalue weighted by Crippen LogP contribution is -2.26. The number of rotatable bonds is 9. The molecule has 0 bridgehead atoms. The Labute approximate surface area is 129 Å². The van der Waals surface area contributed by atoms with E-state index < -0.39 is 0 Å². The maximum atomic E-state index is 3.46. The quantitative estimate of drug-likeness (QED) is 0.700. The van der Waals surface area contributed by atoms with Gasteiger partial charge in [0.25, 0.3) is 0 Å². The first-order valence-electron chi connectivity index (χ1n) is 7.66. The van der Waals surface area contributed by atoms with Crippen LogP contribution in [-0.4, -0.2) is 43.1 Å². The molecule has 2 nitrogen and oxygen atoms in total. The molecule has 0 spiro atoms. The summed E-state index contributed by atoms with van der Waals surface area (Å²) in [4.78, 5) is 2.48. The van der Waals surface area contributed by atoms with E-state index in [-0.39, 0.29) is 0 Å². The molecule has 0 fully saturated rings. The fourth-order valence-corrected chi connectivity index (χ4v) is 3.62. The van der Waals surface area contributed by atoms with E-state index in [2.05, 4.69) is 63.2 Å². The first kappa shape index (κ1) is 17.5. The molecule has 0 aromatic heterocycles. The Morgan fingerprint density at radius 1 is 1.20 bits per heavy atom. The van der Waals surface area contributed by atoms with E-state index in [1.165, 1.54) is 29.0 Å². The summed E-state index contributed by atoms with van der Waals surface area (Å²) >= 11 is 2.05. The highest BCUT2D eigenvalue weighted by Gasteiger charge is 2.12. The predicted molar refractivity (Wildman–Crippen MR) is 92.8 cm³/mol. The van der Waals surface area contributed by atoms with Crippen LogP contribution < -0.4 is 5.32 Å². The second-order valence-corrected chi connectivity index (χ2v) is 6.45. The molecule has 1 aromatic rings. The van der Waals surface area contributed by atoms with Gasteiger partial charge in [0.1, 0.15) is 0 Å². The van der Waals surface area contributed by atoms with E-state index in [0.29, 0.717) is 6.04 Å². The molecule has 0 amide bonds. The van der Waals surface area contributed by atoms with Gasteiger partial charge in [-0.1, -0.05) is 37.6 Å². The van der Waals surface area contributed by atoms with Crippen LogP contribution in [0.3, 0.4) is 0 Å². The van der Waals surface area contributed by atoms with Crippen LogP contribution in [0.25, 0.3) is 0 Å². The third-order valence-corrected chi connectivity index (χ3v) is 4.92. The number of hydrogen-bond donors (Lipinski definition) is 1. The fourth-order valence-electron chi connectivity index (χ4n) is 2.48. The molecule has 0 radical (unpaired) electrons. The van der Waals surface area contributed by atoms with Crippen molar-refractivity contribution in [3.63, 3.8) is 0 Å². The van der Waals surface area contributed by atoms with Crippen LogP contribution in [0, 0.1) is 13.8 Å². The van der Waals surface area contributed by atoms with Crippen molar-refractivity contribution >= 4 is 11.8 Å². The van der Waals surface area contributed by atoms with Crippen molar-refractivity contribution in [2.45, 2.75) is 33.7 Å². The van der Waals surface area contributed by atoms with E-state index in [1.807, 2.05) is 11.8 Å². The molecule has 0 heterocycles. The number of nitrogens with one attached hydrogen (secondary N) is 1. The minimum absolute atomic E-state index is 0.456. The summed E-state index contributed by atoms with van der Waals surface area (Å²) in [6, 6.07) is 7.22. The molecule has 1 N–H and O–H groups in total. The van der Waals surface area contributed by atoms with Gasteiger partial charge in [-0.2, -0.15) is 11.8 Å². The highest BCUT2D eigenvalue weighted by atomic mass is 32.2. The normalized spacial score (nSPS) is 12.9. The van der Waals surface area contributed by atoms with Gasteiger partial charge >= 0.3 is 0 Å². The molecule has 114 valence electrons. The van der Waals surface area contributed by atoms with Crippen molar-refractivity contribution in [3.05, 3.63) is 34.9 Å². The standard InChI is InChI=1S/C17H30N2S/c1-6-19(7-2)10-11-20-13-17(18-5)16-9-8-14(3)12-15(16)4/h8-9,12,17-18H,6-7,10-11,13H2,1-5H3. The number of benzene rings is 1. The van der Waals surface area contributed by atoms with E-state index in [4.69, 9.17) is 0 Å². The van der Waals surface area contributed by atoms with Crippen LogP contribution >= 0.6 is 11.8 Å². The van der Waals surface area contributed by atoms with Crippen LogP contribution in [-0.2, 0) is 0 Å². The van der Waals surface area contributed by atoms with Crippen molar-refractivity contribution in [2.75, 3.05) is 38.2 Å². The molecule has 1 rings (SSSR count). The summed E-state index contributed by atoms with van der Waals surface area (Å²) in [6.07, 6.45) is 0. The summed E-state index contributed by atoms with van der Waals surface area (Å²) in [5, 5.41) is 3.46. The summed E-state index contributed by atoms with van der Waals surface area (Å²) in [5.74, 6) is 2.35. The zero-order valence-electron chi connectivity index (χ0n) is 13.7. The Bertz CT molecular complexity index is 389. The molecule has 20 heavy (non-hydrogen) atoms. The van der Waals surface area contributed by atoms with Gasteiger partial charge in [0.15, 0.2) is 0 Å². The smallest absolute Gasteiger partial charge is 0.0412 e. The van der Waals surface area contributed by atoms with Gasteiger partial charge in [0.05, 0.1) is 0 Å². The molecule has 0 aliphatic carbocycles. The van der Waals surface area contributed by atoms with E-state index >= 15 is 0 Å². The molecule has 1 atom stereocenters. The first-order valence-corrected chi connectivity index (χ1v) is 8.82. The Morgan fingerprint density at radius 3 is 2.45 bits per heavy atom. The average molecular weight is 295 g/mol. The molecule has 0 saturated carbocycles. The zero-order valence-corrected chi connectivity index (χ0v) is 14.5. The lowest BCUT2D eigenvalue weighted by Gasteiger charge is -2.21. The Kier molecular flexibility index (Phi) is 8.27.